The van der Waals surface area contributed by atoms with Gasteiger partial charge < -0.3 is 25.8 Å². The third-order valence-electron chi connectivity index (χ3n) is 4.37. The van der Waals surface area contributed by atoms with Gasteiger partial charge in [0.05, 0.1) is 25.2 Å². The van der Waals surface area contributed by atoms with Gasteiger partial charge in [0.15, 0.2) is 5.96 Å². The van der Waals surface area contributed by atoms with Crippen molar-refractivity contribution < 1.29 is 19.0 Å². The summed E-state index contributed by atoms with van der Waals surface area (Å²) in [5.41, 5.74) is 1.36. The van der Waals surface area contributed by atoms with Crippen LogP contribution in [0.4, 0.5) is 4.39 Å². The fourth-order valence-corrected chi connectivity index (χ4v) is 2.97. The highest BCUT2D eigenvalue weighted by atomic mass is 127. The Hall–Kier alpha value is -2.40. The summed E-state index contributed by atoms with van der Waals surface area (Å²) in [5.74, 6) is 0.711. The molecule has 0 aromatic heterocycles. The smallest absolute Gasteiger partial charge is 0.224 e. The van der Waals surface area contributed by atoms with Gasteiger partial charge >= 0.3 is 0 Å². The summed E-state index contributed by atoms with van der Waals surface area (Å²) in [6.07, 6.45) is -0.594. The van der Waals surface area contributed by atoms with Crippen LogP contribution in [0.5, 0.6) is 5.75 Å². The lowest BCUT2D eigenvalue weighted by atomic mass is 10.1. The molecule has 0 aliphatic heterocycles. The zero-order chi connectivity index (χ0) is 23.3. The van der Waals surface area contributed by atoms with Gasteiger partial charge in [0, 0.05) is 19.6 Å². The zero-order valence-corrected chi connectivity index (χ0v) is 21.6. The van der Waals surface area contributed by atoms with Crippen LogP contribution in [0.3, 0.4) is 0 Å². The van der Waals surface area contributed by atoms with Gasteiger partial charge in [-0.2, -0.15) is 0 Å². The fraction of sp³-hybridized carbons (Fsp3) is 0.417. The number of benzene rings is 2. The zero-order valence-electron chi connectivity index (χ0n) is 19.3. The molecule has 0 spiro atoms. The van der Waals surface area contributed by atoms with E-state index < -0.39 is 6.10 Å². The summed E-state index contributed by atoms with van der Waals surface area (Å²) in [4.78, 5) is 16.4. The molecule has 0 aliphatic rings. The van der Waals surface area contributed by atoms with Crippen molar-refractivity contribution in [3.05, 3.63) is 65.5 Å². The summed E-state index contributed by atoms with van der Waals surface area (Å²) in [5, 5.41) is 19.5. The van der Waals surface area contributed by atoms with Crippen LogP contribution in [0.15, 0.2) is 53.5 Å². The SMILES string of the molecule is CCNC(=NCC(O)c1cccc(OC(C)C)c1)NCCNC(=O)Cc1cccc(F)c1.I. The topological polar surface area (TPSA) is 95.0 Å². The number of amides is 1. The summed E-state index contributed by atoms with van der Waals surface area (Å²) in [7, 11) is 0. The molecule has 33 heavy (non-hydrogen) atoms. The number of nitrogens with one attached hydrogen (secondary N) is 3. The molecule has 1 amide bonds. The van der Waals surface area contributed by atoms with Gasteiger partial charge in [0.25, 0.3) is 0 Å². The molecule has 0 saturated heterocycles. The minimum atomic E-state index is -0.771. The second-order valence-electron chi connectivity index (χ2n) is 7.56. The first-order valence-corrected chi connectivity index (χ1v) is 10.9. The maximum atomic E-state index is 13.2. The maximum Gasteiger partial charge on any atom is 0.224 e. The Morgan fingerprint density at radius 1 is 1.09 bits per heavy atom. The highest BCUT2D eigenvalue weighted by Crippen LogP contribution is 2.20. The molecule has 0 aliphatic carbocycles. The molecular weight excluding hydrogens is 538 g/mol. The number of guanidine groups is 1. The molecule has 0 bridgehead atoms. The first kappa shape index (κ1) is 28.6. The number of aliphatic hydroxyl groups excluding tert-OH is 1. The van der Waals surface area contributed by atoms with Gasteiger partial charge in [-0.3, -0.25) is 9.79 Å². The molecule has 7 nitrogen and oxygen atoms in total. The molecule has 0 heterocycles. The predicted octanol–water partition coefficient (Wildman–Crippen LogP) is 3.18. The van der Waals surface area contributed by atoms with E-state index >= 15 is 0 Å². The van der Waals surface area contributed by atoms with Crippen molar-refractivity contribution in [3.63, 3.8) is 0 Å². The van der Waals surface area contributed by atoms with Crippen molar-refractivity contribution in [2.45, 2.75) is 39.4 Å². The molecule has 9 heteroatoms. The Morgan fingerprint density at radius 2 is 1.82 bits per heavy atom. The van der Waals surface area contributed by atoms with Crippen LogP contribution in [0.2, 0.25) is 0 Å². The first-order chi connectivity index (χ1) is 15.4. The lowest BCUT2D eigenvalue weighted by Crippen LogP contribution is -2.42. The molecule has 182 valence electrons. The van der Waals surface area contributed by atoms with Crippen molar-refractivity contribution in [3.8, 4) is 5.75 Å². The lowest BCUT2D eigenvalue weighted by Gasteiger charge is -2.15. The maximum absolute atomic E-state index is 13.2. The van der Waals surface area contributed by atoms with Gasteiger partial charge in [0.2, 0.25) is 5.91 Å². The summed E-state index contributed by atoms with van der Waals surface area (Å²) in [6, 6.07) is 13.3. The van der Waals surface area contributed by atoms with Crippen molar-refractivity contribution in [1.82, 2.24) is 16.0 Å². The Labute approximate surface area is 212 Å². The van der Waals surface area contributed by atoms with Crippen molar-refractivity contribution in [1.29, 1.82) is 0 Å². The number of carbonyl (C=O) groups is 1. The molecule has 2 rings (SSSR count). The van der Waals surface area contributed by atoms with Crippen LogP contribution < -0.4 is 20.7 Å². The van der Waals surface area contributed by atoms with E-state index in [4.69, 9.17) is 4.74 Å². The second-order valence-corrected chi connectivity index (χ2v) is 7.56. The second kappa shape index (κ2) is 15.4. The predicted molar refractivity (Wildman–Crippen MR) is 140 cm³/mol. The van der Waals surface area contributed by atoms with Crippen LogP contribution in [0.25, 0.3) is 0 Å². The fourth-order valence-electron chi connectivity index (χ4n) is 2.97. The van der Waals surface area contributed by atoms with Gasteiger partial charge in [0.1, 0.15) is 11.6 Å². The molecule has 0 saturated carbocycles. The number of halogens is 2. The van der Waals surface area contributed by atoms with E-state index in [0.717, 1.165) is 5.56 Å². The van der Waals surface area contributed by atoms with Crippen LogP contribution in [-0.4, -0.2) is 49.3 Å². The van der Waals surface area contributed by atoms with Crippen molar-refractivity contribution in [2.75, 3.05) is 26.2 Å². The van der Waals surface area contributed by atoms with Gasteiger partial charge in [-0.1, -0.05) is 24.3 Å². The highest BCUT2D eigenvalue weighted by molar-refractivity contribution is 14.0. The largest absolute Gasteiger partial charge is 0.491 e. The molecule has 4 N–H and O–H groups in total. The van der Waals surface area contributed by atoms with Gasteiger partial charge in [-0.25, -0.2) is 4.39 Å². The minimum Gasteiger partial charge on any atom is -0.491 e. The Morgan fingerprint density at radius 3 is 2.52 bits per heavy atom. The first-order valence-electron chi connectivity index (χ1n) is 10.9. The molecule has 1 unspecified atom stereocenters. The summed E-state index contributed by atoms with van der Waals surface area (Å²) < 4.78 is 18.9. The van der Waals surface area contributed by atoms with Crippen molar-refractivity contribution >= 4 is 35.8 Å². The van der Waals surface area contributed by atoms with E-state index in [0.29, 0.717) is 36.9 Å². The van der Waals surface area contributed by atoms with Gasteiger partial charge in [-0.05, 0) is 56.2 Å². The monoisotopic (exact) mass is 572 g/mol. The number of aliphatic hydroxyl groups is 1. The Bertz CT molecular complexity index is 896. The summed E-state index contributed by atoms with van der Waals surface area (Å²) in [6.45, 7) is 7.51. The van der Waals surface area contributed by atoms with E-state index in [2.05, 4.69) is 20.9 Å². The molecule has 1 atom stereocenters. The summed E-state index contributed by atoms with van der Waals surface area (Å²) >= 11 is 0. The number of aliphatic imine (C=N–C) groups is 1. The normalized spacial score (nSPS) is 12.0. The van der Waals surface area contributed by atoms with E-state index in [-0.39, 0.29) is 54.8 Å². The minimum absolute atomic E-state index is 0. The Kier molecular flexibility index (Phi) is 13.4. The number of hydrogen-bond donors (Lipinski definition) is 4. The number of ether oxygens (including phenoxy) is 1. The Balaban J connectivity index is 0.00000544. The van der Waals surface area contributed by atoms with Crippen LogP contribution in [-0.2, 0) is 11.2 Å². The average Bonchev–Trinajstić information content (AvgIpc) is 2.74. The molecular formula is C24H34FIN4O3. The van der Waals surface area contributed by atoms with E-state index in [1.54, 1.807) is 12.1 Å². The highest BCUT2D eigenvalue weighted by Gasteiger charge is 2.10. The molecule has 2 aromatic carbocycles. The van der Waals surface area contributed by atoms with Crippen LogP contribution in [0.1, 0.15) is 38.0 Å². The number of hydrogen-bond acceptors (Lipinski definition) is 4. The lowest BCUT2D eigenvalue weighted by molar-refractivity contribution is -0.120. The van der Waals surface area contributed by atoms with Crippen LogP contribution in [0, 0.1) is 5.82 Å². The third-order valence-corrected chi connectivity index (χ3v) is 4.37. The number of carbonyl (C=O) groups excluding carboxylic acids is 1. The van der Waals surface area contributed by atoms with E-state index in [9.17, 15) is 14.3 Å². The standard InChI is InChI=1S/C24H33FN4O3.HI/c1-4-26-24(28-12-11-27-23(31)14-18-7-5-9-20(25)13-18)29-16-22(30)19-8-6-10-21(15-19)32-17(2)3;/h5-10,13,15,17,22,30H,4,11-12,14,16H2,1-3H3,(H,27,31)(H2,26,28,29);1H. The molecule has 2 aromatic rings. The van der Waals surface area contributed by atoms with Crippen LogP contribution >= 0.6 is 24.0 Å². The quantitative estimate of drug-likeness (QED) is 0.144. The third kappa shape index (κ3) is 11.3. The number of rotatable bonds is 11. The average molecular weight is 572 g/mol. The van der Waals surface area contributed by atoms with E-state index in [1.165, 1.54) is 12.1 Å². The van der Waals surface area contributed by atoms with Gasteiger partial charge in [-0.15, -0.1) is 24.0 Å². The van der Waals surface area contributed by atoms with Crippen molar-refractivity contribution in [2.24, 2.45) is 4.99 Å². The number of nitrogens with zero attached hydrogens (tertiary/aromatic N) is 1. The molecule has 0 radical (unpaired) electrons. The molecule has 0 fully saturated rings. The van der Waals surface area contributed by atoms with E-state index in [1.807, 2.05) is 45.0 Å².